The Kier molecular flexibility index (Phi) is 2.30. The van der Waals surface area contributed by atoms with E-state index in [4.69, 9.17) is 0 Å². The Morgan fingerprint density at radius 2 is 1.33 bits per heavy atom. The van der Waals surface area contributed by atoms with Gasteiger partial charge in [-0.15, -0.1) is 0 Å². The third-order valence-corrected chi connectivity index (χ3v) is 5.58. The molecule has 0 N–H and O–H groups in total. The van der Waals surface area contributed by atoms with Crippen LogP contribution < -0.4 is 0 Å². The van der Waals surface area contributed by atoms with Gasteiger partial charge in [0.1, 0.15) is 5.78 Å². The Labute approximate surface area is 93.6 Å². The summed E-state index contributed by atoms with van der Waals surface area (Å²) in [5, 5.41) is 0. The summed E-state index contributed by atoms with van der Waals surface area (Å²) in [5.74, 6) is 0.449. The lowest BCUT2D eigenvalue weighted by molar-refractivity contribution is -0.141. The van der Waals surface area contributed by atoms with Gasteiger partial charge in [0.15, 0.2) is 0 Å². The second kappa shape index (κ2) is 3.09. The molecular weight excluding hydrogens is 184 g/mol. The zero-order valence-electron chi connectivity index (χ0n) is 10.7. The standard InChI is InChI=1S/C14H24O/c1-11(15)13-5-8-14(9-6-13,10-7-13)12(2,3)4/h5-10H2,1-4H3. The maximum Gasteiger partial charge on any atom is 0.135 e. The van der Waals surface area contributed by atoms with Crippen LogP contribution in [0.1, 0.15) is 66.2 Å². The third kappa shape index (κ3) is 1.46. The Morgan fingerprint density at radius 3 is 1.60 bits per heavy atom. The molecule has 0 aromatic rings. The number of ketones is 1. The molecule has 0 radical (unpaired) electrons. The Morgan fingerprint density at radius 1 is 0.933 bits per heavy atom. The van der Waals surface area contributed by atoms with Crippen molar-refractivity contribution >= 4 is 5.78 Å². The van der Waals surface area contributed by atoms with Gasteiger partial charge in [-0.25, -0.2) is 0 Å². The predicted molar refractivity (Wildman–Crippen MR) is 62.7 cm³/mol. The van der Waals surface area contributed by atoms with Gasteiger partial charge in [-0.05, 0) is 56.3 Å². The number of carbonyl (C=O) groups is 1. The summed E-state index contributed by atoms with van der Waals surface area (Å²) < 4.78 is 0. The minimum Gasteiger partial charge on any atom is -0.299 e. The molecule has 1 nitrogen and oxygen atoms in total. The highest BCUT2D eigenvalue weighted by atomic mass is 16.1. The van der Waals surface area contributed by atoms with E-state index < -0.39 is 0 Å². The lowest BCUT2D eigenvalue weighted by Gasteiger charge is -2.58. The molecule has 3 rings (SSSR count). The lowest BCUT2D eigenvalue weighted by atomic mass is 9.46. The second-order valence-corrected chi connectivity index (χ2v) is 6.87. The van der Waals surface area contributed by atoms with Gasteiger partial charge < -0.3 is 0 Å². The molecule has 2 bridgehead atoms. The normalized spacial score (nSPS) is 40.5. The van der Waals surface area contributed by atoms with Gasteiger partial charge in [0.05, 0.1) is 0 Å². The highest BCUT2D eigenvalue weighted by Crippen LogP contribution is 2.63. The highest BCUT2D eigenvalue weighted by molar-refractivity contribution is 5.82. The predicted octanol–water partition coefficient (Wildman–Crippen LogP) is 3.96. The van der Waals surface area contributed by atoms with Crippen LogP contribution in [0, 0.1) is 16.2 Å². The quantitative estimate of drug-likeness (QED) is 0.637. The summed E-state index contributed by atoms with van der Waals surface area (Å²) >= 11 is 0. The van der Waals surface area contributed by atoms with Crippen molar-refractivity contribution in [1.82, 2.24) is 0 Å². The number of rotatable bonds is 1. The summed E-state index contributed by atoms with van der Waals surface area (Å²) in [4.78, 5) is 11.7. The van der Waals surface area contributed by atoms with E-state index in [9.17, 15) is 4.79 Å². The van der Waals surface area contributed by atoms with Crippen LogP contribution in [-0.2, 0) is 4.79 Å². The largest absolute Gasteiger partial charge is 0.299 e. The SMILES string of the molecule is CC(=O)C12CCC(C(C)(C)C)(CC1)CC2. The Bertz CT molecular complexity index is 258. The number of Topliss-reactive ketones (excluding diaryl/α,β-unsaturated/α-hetero) is 1. The first-order valence-corrected chi connectivity index (χ1v) is 6.33. The van der Waals surface area contributed by atoms with Gasteiger partial charge >= 0.3 is 0 Å². The van der Waals surface area contributed by atoms with Crippen molar-refractivity contribution in [3.05, 3.63) is 0 Å². The summed E-state index contributed by atoms with van der Waals surface area (Å²) in [6.45, 7) is 8.92. The molecule has 0 amide bonds. The van der Waals surface area contributed by atoms with E-state index in [1.807, 2.05) is 0 Å². The summed E-state index contributed by atoms with van der Waals surface area (Å²) in [7, 11) is 0. The van der Waals surface area contributed by atoms with Crippen LogP contribution in [0.3, 0.4) is 0 Å². The zero-order chi connectivity index (χ0) is 11.3. The third-order valence-electron chi connectivity index (χ3n) is 5.58. The number of hydrogen-bond acceptors (Lipinski definition) is 1. The van der Waals surface area contributed by atoms with Crippen LogP contribution in [0.25, 0.3) is 0 Å². The van der Waals surface area contributed by atoms with Crippen LogP contribution in [0.4, 0.5) is 0 Å². The van der Waals surface area contributed by atoms with E-state index >= 15 is 0 Å². The second-order valence-electron chi connectivity index (χ2n) is 6.87. The highest BCUT2D eigenvalue weighted by Gasteiger charge is 2.54. The molecule has 0 saturated heterocycles. The maximum absolute atomic E-state index is 11.7. The smallest absolute Gasteiger partial charge is 0.135 e. The molecule has 3 fully saturated rings. The number of fused-ring (bicyclic) bond motifs is 3. The monoisotopic (exact) mass is 208 g/mol. The van der Waals surface area contributed by atoms with Crippen LogP contribution >= 0.6 is 0 Å². The fourth-order valence-electron chi connectivity index (χ4n) is 3.84. The molecule has 0 aromatic carbocycles. The van der Waals surface area contributed by atoms with E-state index in [1.165, 1.54) is 19.3 Å². The van der Waals surface area contributed by atoms with Crippen molar-refractivity contribution in [2.45, 2.75) is 66.2 Å². The van der Waals surface area contributed by atoms with E-state index in [0.29, 0.717) is 16.6 Å². The molecule has 0 heterocycles. The van der Waals surface area contributed by atoms with Crippen molar-refractivity contribution in [1.29, 1.82) is 0 Å². The van der Waals surface area contributed by atoms with Crippen molar-refractivity contribution < 1.29 is 4.79 Å². The van der Waals surface area contributed by atoms with Crippen molar-refractivity contribution in [3.8, 4) is 0 Å². The minimum absolute atomic E-state index is 0.0903. The van der Waals surface area contributed by atoms with Gasteiger partial charge in [0.25, 0.3) is 0 Å². The Hall–Kier alpha value is -0.330. The van der Waals surface area contributed by atoms with Crippen LogP contribution in [0.15, 0.2) is 0 Å². The van der Waals surface area contributed by atoms with Crippen molar-refractivity contribution in [2.75, 3.05) is 0 Å². The first-order valence-electron chi connectivity index (χ1n) is 6.33. The van der Waals surface area contributed by atoms with Crippen LogP contribution in [0.2, 0.25) is 0 Å². The zero-order valence-corrected chi connectivity index (χ0v) is 10.7. The maximum atomic E-state index is 11.7. The van der Waals surface area contributed by atoms with Crippen molar-refractivity contribution in [2.24, 2.45) is 16.2 Å². The van der Waals surface area contributed by atoms with E-state index in [1.54, 1.807) is 6.92 Å². The van der Waals surface area contributed by atoms with Gasteiger partial charge in [-0.2, -0.15) is 0 Å². The molecule has 3 saturated carbocycles. The molecule has 15 heavy (non-hydrogen) atoms. The molecule has 3 aliphatic rings. The molecule has 0 unspecified atom stereocenters. The average Bonchev–Trinajstić information content (AvgIpc) is 2.19. The lowest BCUT2D eigenvalue weighted by Crippen LogP contribution is -2.50. The topological polar surface area (TPSA) is 17.1 Å². The molecule has 1 heteroatoms. The average molecular weight is 208 g/mol. The molecule has 0 atom stereocenters. The van der Waals surface area contributed by atoms with E-state index in [0.717, 1.165) is 19.3 Å². The molecule has 86 valence electrons. The minimum atomic E-state index is 0.0903. The number of carbonyl (C=O) groups excluding carboxylic acids is 1. The number of hydrogen-bond donors (Lipinski definition) is 0. The molecule has 0 aromatic heterocycles. The molecule has 0 aliphatic heterocycles. The van der Waals surface area contributed by atoms with E-state index in [2.05, 4.69) is 20.8 Å². The van der Waals surface area contributed by atoms with Crippen LogP contribution in [0.5, 0.6) is 0 Å². The fourth-order valence-corrected chi connectivity index (χ4v) is 3.84. The van der Waals surface area contributed by atoms with E-state index in [-0.39, 0.29) is 5.41 Å². The van der Waals surface area contributed by atoms with Gasteiger partial charge in [-0.1, -0.05) is 20.8 Å². The van der Waals surface area contributed by atoms with Gasteiger partial charge in [0.2, 0.25) is 0 Å². The molecule has 0 spiro atoms. The summed E-state index contributed by atoms with van der Waals surface area (Å²) in [5.41, 5.74) is 1.04. The summed E-state index contributed by atoms with van der Waals surface area (Å²) in [6.07, 6.45) is 7.28. The molecule has 3 aliphatic carbocycles. The van der Waals surface area contributed by atoms with Crippen molar-refractivity contribution in [3.63, 3.8) is 0 Å². The Balaban J connectivity index is 2.21. The first-order chi connectivity index (χ1) is 6.81. The van der Waals surface area contributed by atoms with Crippen LogP contribution in [-0.4, -0.2) is 5.78 Å². The van der Waals surface area contributed by atoms with Gasteiger partial charge in [-0.3, -0.25) is 4.79 Å². The molecular formula is C14H24O. The first kappa shape index (κ1) is 11.2. The van der Waals surface area contributed by atoms with Gasteiger partial charge in [0, 0.05) is 5.41 Å². The fraction of sp³-hybridized carbons (Fsp3) is 0.929. The summed E-state index contributed by atoms with van der Waals surface area (Å²) in [6, 6.07) is 0.